The molecular weight excluding hydrogens is 342 g/mol. The fourth-order valence-corrected chi connectivity index (χ4v) is 4.45. The zero-order valence-electron chi connectivity index (χ0n) is 14.9. The Morgan fingerprint density at radius 1 is 1.24 bits per heavy atom. The molecule has 1 amide bonds. The quantitative estimate of drug-likeness (QED) is 0.656. The molecule has 2 N–H and O–H groups in total. The Balaban J connectivity index is 2.23. The molecule has 0 bridgehead atoms. The highest BCUT2D eigenvalue weighted by Crippen LogP contribution is 2.23. The van der Waals surface area contributed by atoms with E-state index in [0.717, 1.165) is 18.5 Å². The number of hydrogen-bond acceptors (Lipinski definition) is 5. The third-order valence-corrected chi connectivity index (χ3v) is 6.17. The lowest BCUT2D eigenvalue weighted by Crippen LogP contribution is -2.41. The van der Waals surface area contributed by atoms with Crippen molar-refractivity contribution in [3.05, 3.63) is 29.3 Å². The van der Waals surface area contributed by atoms with Gasteiger partial charge in [0, 0.05) is 25.2 Å². The van der Waals surface area contributed by atoms with E-state index in [1.807, 2.05) is 14.0 Å². The van der Waals surface area contributed by atoms with Crippen LogP contribution in [-0.4, -0.2) is 65.1 Å². The van der Waals surface area contributed by atoms with Crippen molar-refractivity contribution in [3.63, 3.8) is 0 Å². The van der Waals surface area contributed by atoms with Gasteiger partial charge in [-0.25, -0.2) is 8.42 Å². The number of aryl methyl sites for hydroxylation is 1. The summed E-state index contributed by atoms with van der Waals surface area (Å²) in [6.07, 6.45) is 1.40. The van der Waals surface area contributed by atoms with Gasteiger partial charge < -0.3 is 15.4 Å². The van der Waals surface area contributed by atoms with Crippen LogP contribution in [-0.2, 0) is 21.2 Å². The van der Waals surface area contributed by atoms with Crippen LogP contribution in [0.1, 0.15) is 29.3 Å². The van der Waals surface area contributed by atoms with Crippen molar-refractivity contribution in [3.8, 4) is 0 Å². The molecule has 0 radical (unpaired) electrons. The number of hydrogen-bond donors (Lipinski definition) is 2. The van der Waals surface area contributed by atoms with E-state index in [9.17, 15) is 13.2 Å². The lowest BCUT2D eigenvalue weighted by molar-refractivity contribution is 0.0730. The summed E-state index contributed by atoms with van der Waals surface area (Å²) < 4.78 is 32.6. The first-order valence-electron chi connectivity index (χ1n) is 8.64. The number of nitrogens with zero attached hydrogens (tertiary/aromatic N) is 1. The van der Waals surface area contributed by atoms with Crippen molar-refractivity contribution in [2.75, 3.05) is 46.4 Å². The minimum atomic E-state index is -3.63. The molecule has 0 aromatic heterocycles. The van der Waals surface area contributed by atoms with Crippen LogP contribution in [0.25, 0.3) is 0 Å². The fraction of sp³-hybridized carbons (Fsp3) is 0.588. The summed E-state index contributed by atoms with van der Waals surface area (Å²) in [7, 11) is -1.77. The molecule has 1 aromatic rings. The van der Waals surface area contributed by atoms with Gasteiger partial charge in [-0.05, 0) is 44.1 Å². The number of nitrogens with one attached hydrogen (secondary N) is 2. The topological polar surface area (TPSA) is 87.7 Å². The van der Waals surface area contributed by atoms with Gasteiger partial charge in [0.15, 0.2) is 0 Å². The maximum absolute atomic E-state index is 13.0. The molecule has 1 saturated heterocycles. The first kappa shape index (κ1) is 19.8. The molecule has 25 heavy (non-hydrogen) atoms. The van der Waals surface area contributed by atoms with E-state index in [-0.39, 0.29) is 10.8 Å². The Labute approximate surface area is 149 Å². The second kappa shape index (κ2) is 9.28. The van der Waals surface area contributed by atoms with E-state index in [1.54, 1.807) is 12.1 Å². The molecule has 1 fully saturated rings. The van der Waals surface area contributed by atoms with Crippen LogP contribution in [0.4, 0.5) is 0 Å². The molecule has 2 rings (SSSR count). The van der Waals surface area contributed by atoms with E-state index in [1.165, 1.54) is 10.4 Å². The zero-order chi connectivity index (χ0) is 18.3. The van der Waals surface area contributed by atoms with Crippen LogP contribution in [0.15, 0.2) is 23.1 Å². The van der Waals surface area contributed by atoms with Crippen molar-refractivity contribution in [2.24, 2.45) is 0 Å². The lowest BCUT2D eigenvalue weighted by atomic mass is 10.1. The Bertz CT molecular complexity index is 685. The van der Waals surface area contributed by atoms with Gasteiger partial charge in [0.25, 0.3) is 5.91 Å². The molecule has 7 nitrogen and oxygen atoms in total. The van der Waals surface area contributed by atoms with Crippen LogP contribution < -0.4 is 10.6 Å². The largest absolute Gasteiger partial charge is 0.379 e. The number of benzene rings is 1. The number of carbonyl (C=O) groups excluding carboxylic acids is 1. The molecule has 0 saturated carbocycles. The van der Waals surface area contributed by atoms with Crippen LogP contribution in [0.2, 0.25) is 0 Å². The van der Waals surface area contributed by atoms with Gasteiger partial charge in [-0.15, -0.1) is 0 Å². The van der Waals surface area contributed by atoms with Crippen LogP contribution in [0, 0.1) is 0 Å². The second-order valence-corrected chi connectivity index (χ2v) is 7.81. The number of amides is 1. The van der Waals surface area contributed by atoms with E-state index < -0.39 is 10.0 Å². The van der Waals surface area contributed by atoms with Gasteiger partial charge >= 0.3 is 0 Å². The highest BCUT2D eigenvalue weighted by atomic mass is 32.2. The number of ether oxygens (including phenoxy) is 1. The lowest BCUT2D eigenvalue weighted by Gasteiger charge is -2.27. The highest BCUT2D eigenvalue weighted by Gasteiger charge is 2.28. The third-order valence-electron chi connectivity index (χ3n) is 4.19. The Kier molecular flexibility index (Phi) is 7.37. The zero-order valence-corrected chi connectivity index (χ0v) is 15.7. The Morgan fingerprint density at radius 3 is 2.60 bits per heavy atom. The van der Waals surface area contributed by atoms with Crippen molar-refractivity contribution >= 4 is 15.9 Å². The number of carbonyl (C=O) groups is 1. The summed E-state index contributed by atoms with van der Waals surface area (Å²) in [5.74, 6) is -0.253. The minimum absolute atomic E-state index is 0.222. The molecule has 1 aliphatic heterocycles. The minimum Gasteiger partial charge on any atom is -0.379 e. The first-order chi connectivity index (χ1) is 12.0. The van der Waals surface area contributed by atoms with Gasteiger partial charge in [-0.1, -0.05) is 13.0 Å². The molecule has 8 heteroatoms. The molecule has 0 atom stereocenters. The summed E-state index contributed by atoms with van der Waals surface area (Å²) in [5, 5.41) is 5.84. The van der Waals surface area contributed by atoms with E-state index in [4.69, 9.17) is 4.74 Å². The monoisotopic (exact) mass is 369 g/mol. The van der Waals surface area contributed by atoms with Crippen molar-refractivity contribution in [1.29, 1.82) is 0 Å². The van der Waals surface area contributed by atoms with Gasteiger partial charge in [-0.3, -0.25) is 4.79 Å². The van der Waals surface area contributed by atoms with Crippen LogP contribution in [0.5, 0.6) is 0 Å². The molecule has 1 aromatic carbocycles. The van der Waals surface area contributed by atoms with Gasteiger partial charge in [-0.2, -0.15) is 4.31 Å². The maximum Gasteiger partial charge on any atom is 0.251 e. The van der Waals surface area contributed by atoms with Crippen LogP contribution in [0.3, 0.4) is 0 Å². The third kappa shape index (κ3) is 5.01. The number of morpholine rings is 1. The first-order valence-corrected chi connectivity index (χ1v) is 10.1. The normalized spacial score (nSPS) is 15.9. The van der Waals surface area contributed by atoms with Crippen molar-refractivity contribution < 1.29 is 17.9 Å². The molecule has 0 spiro atoms. The summed E-state index contributed by atoms with van der Waals surface area (Å²) in [6.45, 7) is 4.73. The van der Waals surface area contributed by atoms with Gasteiger partial charge in [0.1, 0.15) is 0 Å². The van der Waals surface area contributed by atoms with Gasteiger partial charge in [0.2, 0.25) is 10.0 Å². The van der Waals surface area contributed by atoms with Gasteiger partial charge in [0.05, 0.1) is 18.1 Å². The van der Waals surface area contributed by atoms with Crippen LogP contribution >= 0.6 is 0 Å². The highest BCUT2D eigenvalue weighted by molar-refractivity contribution is 7.89. The summed E-state index contributed by atoms with van der Waals surface area (Å²) in [6, 6.07) is 4.91. The predicted octanol–water partition coefficient (Wildman–Crippen LogP) is 0.609. The molecule has 0 aliphatic carbocycles. The maximum atomic E-state index is 13.0. The average Bonchev–Trinajstić information content (AvgIpc) is 2.65. The van der Waals surface area contributed by atoms with Crippen molar-refractivity contribution in [1.82, 2.24) is 14.9 Å². The second-order valence-electron chi connectivity index (χ2n) is 5.91. The SMILES string of the molecule is CCc1ccc(C(=O)NCCCNC)cc1S(=O)(=O)N1CCOCC1. The van der Waals surface area contributed by atoms with Crippen molar-refractivity contribution in [2.45, 2.75) is 24.7 Å². The van der Waals surface area contributed by atoms with E-state index >= 15 is 0 Å². The van der Waals surface area contributed by atoms with E-state index in [2.05, 4.69) is 10.6 Å². The standard InChI is InChI=1S/C17H27N3O4S/c1-3-14-5-6-15(17(21)19-8-4-7-18-2)13-16(14)25(22,23)20-9-11-24-12-10-20/h5-6,13,18H,3-4,7-12H2,1-2H3,(H,19,21). The summed E-state index contributed by atoms with van der Waals surface area (Å²) in [5.41, 5.74) is 1.09. The average molecular weight is 369 g/mol. The molecule has 140 valence electrons. The Morgan fingerprint density at radius 2 is 1.96 bits per heavy atom. The number of rotatable bonds is 8. The molecular formula is C17H27N3O4S. The summed E-state index contributed by atoms with van der Waals surface area (Å²) >= 11 is 0. The van der Waals surface area contributed by atoms with E-state index in [0.29, 0.717) is 44.8 Å². The predicted molar refractivity (Wildman–Crippen MR) is 96.3 cm³/mol. The smallest absolute Gasteiger partial charge is 0.251 e. The fourth-order valence-electron chi connectivity index (χ4n) is 2.72. The molecule has 1 aliphatic rings. The molecule has 0 unspecified atom stereocenters. The molecule has 1 heterocycles. The summed E-state index contributed by atoms with van der Waals surface area (Å²) in [4.78, 5) is 12.5. The Hall–Kier alpha value is -1.48. The number of sulfonamides is 1.